The first kappa shape index (κ1) is 19.6. The Balaban J connectivity index is 1.51. The fourth-order valence-corrected chi connectivity index (χ4v) is 4.01. The standard InChI is InChI=1S/C20H31BN4O3/c1-14(26)24-10-6-7-17(13-24)25(16-8-9-16)18-22-11-15(12-23-18)21-27-19(2,3)20(4,5)28-21/h11-12,16-17H,6-10,13H2,1-5H3/t17-/m1/s1. The van der Waals surface area contributed by atoms with Gasteiger partial charge < -0.3 is 19.1 Å². The van der Waals surface area contributed by atoms with Crippen LogP contribution in [0.5, 0.6) is 0 Å². The Morgan fingerprint density at radius 1 is 1.11 bits per heavy atom. The van der Waals surface area contributed by atoms with Gasteiger partial charge in [0.05, 0.1) is 11.2 Å². The minimum atomic E-state index is -0.448. The number of hydrogen-bond acceptors (Lipinski definition) is 6. The minimum absolute atomic E-state index is 0.150. The van der Waals surface area contributed by atoms with Crippen LogP contribution in [0, 0.1) is 0 Å². The van der Waals surface area contributed by atoms with Crippen molar-refractivity contribution in [2.45, 2.75) is 83.6 Å². The summed E-state index contributed by atoms with van der Waals surface area (Å²) in [7, 11) is -0.448. The summed E-state index contributed by atoms with van der Waals surface area (Å²) in [6, 6.07) is 0.771. The summed E-state index contributed by atoms with van der Waals surface area (Å²) >= 11 is 0. The van der Waals surface area contributed by atoms with Gasteiger partial charge in [-0.2, -0.15) is 0 Å². The lowest BCUT2D eigenvalue weighted by molar-refractivity contribution is -0.130. The van der Waals surface area contributed by atoms with Crippen LogP contribution in [-0.2, 0) is 14.1 Å². The van der Waals surface area contributed by atoms with E-state index in [1.807, 2.05) is 45.0 Å². The number of rotatable bonds is 4. The van der Waals surface area contributed by atoms with Gasteiger partial charge in [-0.1, -0.05) is 0 Å². The zero-order chi connectivity index (χ0) is 20.1. The van der Waals surface area contributed by atoms with E-state index in [9.17, 15) is 4.79 Å². The molecule has 152 valence electrons. The molecule has 8 heteroatoms. The molecule has 1 aromatic rings. The lowest BCUT2D eigenvalue weighted by Crippen LogP contribution is -2.51. The highest BCUT2D eigenvalue weighted by Crippen LogP contribution is 2.37. The van der Waals surface area contributed by atoms with Crippen molar-refractivity contribution in [2.75, 3.05) is 18.0 Å². The second kappa shape index (κ2) is 6.99. The van der Waals surface area contributed by atoms with Gasteiger partial charge in [-0.25, -0.2) is 9.97 Å². The molecule has 1 atom stereocenters. The third kappa shape index (κ3) is 3.64. The maximum absolute atomic E-state index is 11.8. The van der Waals surface area contributed by atoms with Crippen LogP contribution in [0.2, 0.25) is 0 Å². The summed E-state index contributed by atoms with van der Waals surface area (Å²) in [6.45, 7) is 11.4. The summed E-state index contributed by atoms with van der Waals surface area (Å²) < 4.78 is 12.2. The number of nitrogens with zero attached hydrogens (tertiary/aromatic N) is 4. The van der Waals surface area contributed by atoms with Gasteiger partial charge in [-0.3, -0.25) is 4.79 Å². The number of aromatic nitrogens is 2. The molecule has 0 bridgehead atoms. The number of carbonyl (C=O) groups excluding carboxylic acids is 1. The molecule has 0 aromatic carbocycles. The molecule has 7 nitrogen and oxygen atoms in total. The van der Waals surface area contributed by atoms with Crippen LogP contribution in [-0.4, -0.2) is 64.3 Å². The Morgan fingerprint density at radius 2 is 1.71 bits per heavy atom. The highest BCUT2D eigenvalue weighted by molar-refractivity contribution is 6.61. The number of piperidine rings is 1. The molecule has 3 heterocycles. The number of likely N-dealkylation sites (tertiary alicyclic amines) is 1. The first-order chi connectivity index (χ1) is 13.2. The molecule has 2 saturated heterocycles. The van der Waals surface area contributed by atoms with Crippen molar-refractivity contribution in [3.8, 4) is 0 Å². The molecule has 4 rings (SSSR count). The number of anilines is 1. The van der Waals surface area contributed by atoms with Crippen molar-refractivity contribution in [3.63, 3.8) is 0 Å². The molecule has 1 aliphatic carbocycles. The largest absolute Gasteiger partial charge is 0.498 e. The SMILES string of the molecule is CC(=O)N1CCC[C@@H](N(c2ncc(B3OC(C)(C)C(C)(C)O3)cn2)C2CC2)C1. The first-order valence-corrected chi connectivity index (χ1v) is 10.4. The van der Waals surface area contributed by atoms with E-state index in [2.05, 4.69) is 14.9 Å². The predicted octanol–water partition coefficient (Wildman–Crippen LogP) is 1.76. The van der Waals surface area contributed by atoms with E-state index in [-0.39, 0.29) is 23.2 Å². The summed E-state index contributed by atoms with van der Waals surface area (Å²) in [6.07, 6.45) is 8.08. The van der Waals surface area contributed by atoms with E-state index < -0.39 is 7.12 Å². The quantitative estimate of drug-likeness (QED) is 0.735. The van der Waals surface area contributed by atoms with Crippen molar-refractivity contribution in [1.82, 2.24) is 14.9 Å². The van der Waals surface area contributed by atoms with Gasteiger partial charge in [0.25, 0.3) is 0 Å². The number of amides is 1. The second-order valence-electron chi connectivity index (χ2n) is 9.30. The molecule has 0 spiro atoms. The molecule has 3 fully saturated rings. The predicted molar refractivity (Wildman–Crippen MR) is 109 cm³/mol. The van der Waals surface area contributed by atoms with Gasteiger partial charge in [-0.15, -0.1) is 0 Å². The smallest absolute Gasteiger partial charge is 0.399 e. The Kier molecular flexibility index (Phi) is 4.90. The molecule has 1 aromatic heterocycles. The van der Waals surface area contributed by atoms with Gasteiger partial charge in [0, 0.05) is 50.0 Å². The molecule has 1 amide bonds. The molecule has 0 radical (unpaired) electrons. The number of carbonyl (C=O) groups is 1. The lowest BCUT2D eigenvalue weighted by atomic mass is 9.81. The fourth-order valence-electron chi connectivity index (χ4n) is 4.01. The van der Waals surface area contributed by atoms with E-state index in [4.69, 9.17) is 9.31 Å². The zero-order valence-electron chi connectivity index (χ0n) is 17.6. The average Bonchev–Trinajstić information content (AvgIpc) is 3.43. The molecule has 28 heavy (non-hydrogen) atoms. The molecular formula is C20H31BN4O3. The molecule has 1 saturated carbocycles. The Morgan fingerprint density at radius 3 is 2.25 bits per heavy atom. The third-order valence-electron chi connectivity index (χ3n) is 6.59. The molecular weight excluding hydrogens is 355 g/mol. The van der Waals surface area contributed by atoms with Crippen LogP contribution in [0.4, 0.5) is 5.95 Å². The van der Waals surface area contributed by atoms with Crippen LogP contribution >= 0.6 is 0 Å². The van der Waals surface area contributed by atoms with Crippen LogP contribution in [0.3, 0.4) is 0 Å². The highest BCUT2D eigenvalue weighted by Gasteiger charge is 2.52. The zero-order valence-corrected chi connectivity index (χ0v) is 17.6. The van der Waals surface area contributed by atoms with Crippen molar-refractivity contribution < 1.29 is 14.1 Å². The topological polar surface area (TPSA) is 67.8 Å². The van der Waals surface area contributed by atoms with E-state index in [1.165, 1.54) is 12.8 Å². The van der Waals surface area contributed by atoms with E-state index in [0.717, 1.165) is 37.3 Å². The average molecular weight is 386 g/mol. The van der Waals surface area contributed by atoms with Gasteiger partial charge in [-0.05, 0) is 53.4 Å². The summed E-state index contributed by atoms with van der Waals surface area (Å²) in [5, 5.41) is 0. The maximum atomic E-state index is 11.8. The molecule has 3 aliphatic rings. The Bertz CT molecular complexity index is 719. The maximum Gasteiger partial charge on any atom is 0.498 e. The highest BCUT2D eigenvalue weighted by atomic mass is 16.7. The molecule has 2 aliphatic heterocycles. The van der Waals surface area contributed by atoms with Crippen LogP contribution in [0.1, 0.15) is 60.3 Å². The third-order valence-corrected chi connectivity index (χ3v) is 6.59. The number of hydrogen-bond donors (Lipinski definition) is 0. The normalized spacial score (nSPS) is 26.4. The van der Waals surface area contributed by atoms with E-state index >= 15 is 0 Å². The van der Waals surface area contributed by atoms with Crippen LogP contribution in [0.25, 0.3) is 0 Å². The van der Waals surface area contributed by atoms with Crippen molar-refractivity contribution >= 4 is 24.4 Å². The van der Waals surface area contributed by atoms with Gasteiger partial charge in [0.2, 0.25) is 11.9 Å². The van der Waals surface area contributed by atoms with Crippen molar-refractivity contribution in [1.29, 1.82) is 0 Å². The van der Waals surface area contributed by atoms with Crippen LogP contribution < -0.4 is 10.4 Å². The summed E-state index contributed by atoms with van der Waals surface area (Å²) in [5.41, 5.74) is 0.0793. The molecule has 0 unspecified atom stereocenters. The van der Waals surface area contributed by atoms with E-state index in [1.54, 1.807) is 6.92 Å². The van der Waals surface area contributed by atoms with Gasteiger partial charge in [0.1, 0.15) is 0 Å². The van der Waals surface area contributed by atoms with Gasteiger partial charge >= 0.3 is 7.12 Å². The van der Waals surface area contributed by atoms with Gasteiger partial charge in [0.15, 0.2) is 0 Å². The van der Waals surface area contributed by atoms with Crippen LogP contribution in [0.15, 0.2) is 12.4 Å². The molecule has 0 N–H and O–H groups in total. The second-order valence-corrected chi connectivity index (χ2v) is 9.30. The Hall–Kier alpha value is -1.67. The van der Waals surface area contributed by atoms with Crippen molar-refractivity contribution in [2.24, 2.45) is 0 Å². The fraction of sp³-hybridized carbons (Fsp3) is 0.750. The monoisotopic (exact) mass is 386 g/mol. The van der Waals surface area contributed by atoms with E-state index in [0.29, 0.717) is 6.04 Å². The minimum Gasteiger partial charge on any atom is -0.399 e. The first-order valence-electron chi connectivity index (χ1n) is 10.4. The lowest BCUT2D eigenvalue weighted by Gasteiger charge is -2.39. The summed E-state index contributed by atoms with van der Waals surface area (Å²) in [4.78, 5) is 25.5. The summed E-state index contributed by atoms with van der Waals surface area (Å²) in [5.74, 6) is 0.899. The Labute approximate surface area is 167 Å². The van der Waals surface area contributed by atoms with Crippen molar-refractivity contribution in [3.05, 3.63) is 12.4 Å².